The second kappa shape index (κ2) is 22.4. The molecule has 0 aliphatic heterocycles. The van der Waals surface area contributed by atoms with Crippen LogP contribution in [0.15, 0.2) is 12.7 Å². The number of hydrogen-bond donors (Lipinski definition) is 1. The summed E-state index contributed by atoms with van der Waals surface area (Å²) in [7, 11) is 1.97. The third-order valence-electron chi connectivity index (χ3n) is 1.12. The van der Waals surface area contributed by atoms with E-state index in [4.69, 9.17) is 0 Å². The van der Waals surface area contributed by atoms with Gasteiger partial charge in [0.15, 0.2) is 0 Å². The highest BCUT2D eigenvalue weighted by Gasteiger charge is 1.93. The number of nitrogens with one attached hydrogen (secondary N) is 1. The van der Waals surface area contributed by atoms with Crippen molar-refractivity contribution in [3.63, 3.8) is 0 Å². The molecule has 12 heavy (non-hydrogen) atoms. The Bertz CT molecular complexity index is 60.0. The molecule has 0 fully saturated rings. The summed E-state index contributed by atoms with van der Waals surface area (Å²) >= 11 is 0. The van der Waals surface area contributed by atoms with Gasteiger partial charge in [-0.05, 0) is 25.9 Å². The number of allylic oxidation sites excluding steroid dienone is 1. The van der Waals surface area contributed by atoms with Crippen LogP contribution in [0.1, 0.15) is 41.0 Å². The van der Waals surface area contributed by atoms with Gasteiger partial charge in [-0.3, -0.25) is 0 Å². The molecule has 1 unspecified atom stereocenters. The van der Waals surface area contributed by atoms with E-state index in [2.05, 4.69) is 18.8 Å². The van der Waals surface area contributed by atoms with Crippen molar-refractivity contribution in [1.29, 1.82) is 0 Å². The Morgan fingerprint density at radius 3 is 1.92 bits per heavy atom. The van der Waals surface area contributed by atoms with Gasteiger partial charge in [-0.2, -0.15) is 0 Å². The average Bonchev–Trinajstić information content (AvgIpc) is 2.12. The lowest BCUT2D eigenvalue weighted by atomic mass is 10.1. The van der Waals surface area contributed by atoms with Gasteiger partial charge in [0.1, 0.15) is 0 Å². The fourth-order valence-electron chi connectivity index (χ4n) is 0.716. The van der Waals surface area contributed by atoms with Crippen molar-refractivity contribution in [2.45, 2.75) is 41.0 Å². The maximum Gasteiger partial charge on any atom is -0.00232 e. The van der Waals surface area contributed by atoms with E-state index in [-0.39, 0.29) is 0 Å². The Morgan fingerprint density at radius 1 is 1.25 bits per heavy atom. The van der Waals surface area contributed by atoms with Crippen LogP contribution in [0.2, 0.25) is 0 Å². The molecule has 0 saturated carbocycles. The summed E-state index contributed by atoms with van der Waals surface area (Å²) in [5.74, 6) is 0.734. The zero-order valence-corrected chi connectivity index (χ0v) is 9.78. The maximum atomic E-state index is 3.66. The van der Waals surface area contributed by atoms with Gasteiger partial charge in [0.05, 0.1) is 0 Å². The molecule has 0 saturated heterocycles. The minimum atomic E-state index is 0.734. The van der Waals surface area contributed by atoms with Gasteiger partial charge in [-0.25, -0.2) is 0 Å². The smallest absolute Gasteiger partial charge is 0.00232 e. The number of rotatable bonds is 4. The fourth-order valence-corrected chi connectivity index (χ4v) is 0.716. The van der Waals surface area contributed by atoms with Gasteiger partial charge >= 0.3 is 0 Å². The molecule has 1 heteroatoms. The molecular formula is C11H27N. The first-order valence-corrected chi connectivity index (χ1v) is 5.06. The minimum absolute atomic E-state index is 0.734. The summed E-state index contributed by atoms with van der Waals surface area (Å²) in [6.07, 6.45) is 3.07. The van der Waals surface area contributed by atoms with Crippen molar-refractivity contribution < 1.29 is 0 Å². The molecule has 0 aromatic carbocycles. The summed E-state index contributed by atoms with van der Waals surface area (Å²) in [5, 5.41) is 3.10. The van der Waals surface area contributed by atoms with Crippen LogP contribution in [0.5, 0.6) is 0 Å². The van der Waals surface area contributed by atoms with Crippen LogP contribution in [0.25, 0.3) is 0 Å². The SMILES string of the molecule is C=CCC(C)CNC.CC.CC. The van der Waals surface area contributed by atoms with Gasteiger partial charge in [0, 0.05) is 0 Å². The molecule has 0 aliphatic carbocycles. The largest absolute Gasteiger partial charge is 0.319 e. The molecular weight excluding hydrogens is 146 g/mol. The van der Waals surface area contributed by atoms with Gasteiger partial charge in [-0.15, -0.1) is 6.58 Å². The highest BCUT2D eigenvalue weighted by atomic mass is 14.8. The van der Waals surface area contributed by atoms with Crippen molar-refractivity contribution in [1.82, 2.24) is 5.32 Å². The molecule has 0 amide bonds. The van der Waals surface area contributed by atoms with E-state index in [0.717, 1.165) is 18.9 Å². The average molecular weight is 173 g/mol. The van der Waals surface area contributed by atoms with Crippen molar-refractivity contribution in [3.05, 3.63) is 12.7 Å². The molecule has 0 heterocycles. The van der Waals surface area contributed by atoms with Crippen LogP contribution in [0.4, 0.5) is 0 Å². The van der Waals surface area contributed by atoms with Gasteiger partial charge in [0.2, 0.25) is 0 Å². The van der Waals surface area contributed by atoms with E-state index in [1.807, 2.05) is 40.8 Å². The van der Waals surface area contributed by atoms with Crippen molar-refractivity contribution >= 4 is 0 Å². The van der Waals surface area contributed by atoms with Crippen LogP contribution < -0.4 is 5.32 Å². The van der Waals surface area contributed by atoms with Crippen LogP contribution in [-0.2, 0) is 0 Å². The molecule has 1 nitrogen and oxygen atoms in total. The molecule has 1 atom stereocenters. The first-order valence-electron chi connectivity index (χ1n) is 5.06. The van der Waals surface area contributed by atoms with E-state index in [9.17, 15) is 0 Å². The van der Waals surface area contributed by atoms with Crippen molar-refractivity contribution in [3.8, 4) is 0 Å². The summed E-state index contributed by atoms with van der Waals surface area (Å²) < 4.78 is 0. The van der Waals surface area contributed by atoms with Crippen LogP contribution in [0.3, 0.4) is 0 Å². The summed E-state index contributed by atoms with van der Waals surface area (Å²) in [4.78, 5) is 0. The Labute approximate surface area is 79.3 Å². The predicted molar refractivity (Wildman–Crippen MR) is 60.6 cm³/mol. The van der Waals surface area contributed by atoms with E-state index in [0.29, 0.717) is 0 Å². The Morgan fingerprint density at radius 2 is 1.67 bits per heavy atom. The van der Waals surface area contributed by atoms with Gasteiger partial charge < -0.3 is 5.32 Å². The lowest BCUT2D eigenvalue weighted by Gasteiger charge is -2.04. The topological polar surface area (TPSA) is 12.0 Å². The Hall–Kier alpha value is -0.300. The third kappa shape index (κ3) is 22.6. The van der Waals surface area contributed by atoms with E-state index < -0.39 is 0 Å². The number of hydrogen-bond acceptors (Lipinski definition) is 1. The molecule has 0 bridgehead atoms. The van der Waals surface area contributed by atoms with Gasteiger partial charge in [-0.1, -0.05) is 40.7 Å². The first kappa shape index (κ1) is 17.7. The van der Waals surface area contributed by atoms with Gasteiger partial charge in [0.25, 0.3) is 0 Å². The summed E-state index contributed by atoms with van der Waals surface area (Å²) in [6.45, 7) is 15.0. The molecule has 0 aromatic heterocycles. The molecule has 0 aliphatic rings. The standard InChI is InChI=1S/C7H15N.2C2H6/c1-4-5-7(2)6-8-3;2*1-2/h4,7-8H,1,5-6H2,2-3H3;2*1-2H3. The van der Waals surface area contributed by atoms with Crippen LogP contribution >= 0.6 is 0 Å². The monoisotopic (exact) mass is 173 g/mol. The fraction of sp³-hybridized carbons (Fsp3) is 0.818. The molecule has 1 N–H and O–H groups in total. The lowest BCUT2D eigenvalue weighted by Crippen LogP contribution is -2.15. The molecule has 76 valence electrons. The second-order valence-corrected chi connectivity index (χ2v) is 2.19. The molecule has 0 rings (SSSR count). The summed E-state index contributed by atoms with van der Waals surface area (Å²) in [5.41, 5.74) is 0. The Kier molecular flexibility index (Phi) is 33.1. The zero-order valence-electron chi connectivity index (χ0n) is 9.78. The molecule has 0 radical (unpaired) electrons. The highest BCUT2D eigenvalue weighted by Crippen LogP contribution is 1.98. The quantitative estimate of drug-likeness (QED) is 0.642. The highest BCUT2D eigenvalue weighted by molar-refractivity contribution is 4.70. The molecule has 0 aromatic rings. The first-order chi connectivity index (χ1) is 5.81. The predicted octanol–water partition coefficient (Wildman–Crippen LogP) is 3.47. The molecule has 0 spiro atoms. The van der Waals surface area contributed by atoms with Crippen LogP contribution in [-0.4, -0.2) is 13.6 Å². The van der Waals surface area contributed by atoms with E-state index in [1.165, 1.54) is 0 Å². The summed E-state index contributed by atoms with van der Waals surface area (Å²) in [6, 6.07) is 0. The maximum absolute atomic E-state index is 3.66. The normalized spacial score (nSPS) is 9.83. The lowest BCUT2D eigenvalue weighted by molar-refractivity contribution is 0.552. The van der Waals surface area contributed by atoms with Crippen molar-refractivity contribution in [2.75, 3.05) is 13.6 Å². The third-order valence-corrected chi connectivity index (χ3v) is 1.12. The van der Waals surface area contributed by atoms with Crippen molar-refractivity contribution in [2.24, 2.45) is 5.92 Å². The zero-order chi connectivity index (χ0) is 10.4. The van der Waals surface area contributed by atoms with Crippen LogP contribution in [0, 0.1) is 5.92 Å². The van der Waals surface area contributed by atoms with E-state index in [1.54, 1.807) is 0 Å². The second-order valence-electron chi connectivity index (χ2n) is 2.19. The minimum Gasteiger partial charge on any atom is -0.319 e. The van der Waals surface area contributed by atoms with E-state index >= 15 is 0 Å². The Balaban J connectivity index is -0.000000175.